The van der Waals surface area contributed by atoms with Crippen molar-refractivity contribution in [1.82, 2.24) is 0 Å². The fourth-order valence-electron chi connectivity index (χ4n) is 7.16. The Morgan fingerprint density at radius 2 is 0.611 bits per heavy atom. The molecule has 0 aromatic carbocycles. The van der Waals surface area contributed by atoms with E-state index in [-0.39, 0.29) is 31.1 Å². The molecule has 6 nitrogen and oxygen atoms in total. The van der Waals surface area contributed by atoms with Crippen LogP contribution in [0, 0.1) is 5.92 Å². The average Bonchev–Trinajstić information content (AvgIpc) is 3.15. The predicted molar refractivity (Wildman–Crippen MR) is 229 cm³/mol. The van der Waals surface area contributed by atoms with Crippen molar-refractivity contribution in [3.63, 3.8) is 0 Å². The minimum absolute atomic E-state index is 0.0643. The molecule has 0 radical (unpaired) electrons. The van der Waals surface area contributed by atoms with Crippen LogP contribution in [0.15, 0.2) is 0 Å². The van der Waals surface area contributed by atoms with Crippen LogP contribution in [0.3, 0.4) is 0 Å². The van der Waals surface area contributed by atoms with Gasteiger partial charge < -0.3 is 14.2 Å². The van der Waals surface area contributed by atoms with Crippen molar-refractivity contribution in [1.29, 1.82) is 0 Å². The van der Waals surface area contributed by atoms with Crippen LogP contribution in [-0.4, -0.2) is 37.2 Å². The molecule has 0 saturated heterocycles. The quantitative estimate of drug-likeness (QED) is 0.0349. The van der Waals surface area contributed by atoms with Gasteiger partial charge in [-0.3, -0.25) is 14.4 Å². The summed E-state index contributed by atoms with van der Waals surface area (Å²) in [6.45, 7) is 8.93. The van der Waals surface area contributed by atoms with Gasteiger partial charge in [0.15, 0.2) is 6.10 Å². The third-order valence-electron chi connectivity index (χ3n) is 10.8. The molecule has 1 atom stereocenters. The van der Waals surface area contributed by atoms with Gasteiger partial charge in [0.2, 0.25) is 0 Å². The molecule has 320 valence electrons. The Balaban J connectivity index is 4.23. The van der Waals surface area contributed by atoms with Gasteiger partial charge in [-0.05, 0) is 25.2 Å². The second kappa shape index (κ2) is 42.6. The molecule has 6 heteroatoms. The molecule has 0 aromatic heterocycles. The minimum Gasteiger partial charge on any atom is -0.462 e. The van der Waals surface area contributed by atoms with Gasteiger partial charge in [-0.15, -0.1) is 0 Å². The van der Waals surface area contributed by atoms with Crippen molar-refractivity contribution < 1.29 is 28.6 Å². The molecule has 0 bridgehead atoms. The number of hydrogen-bond donors (Lipinski definition) is 0. The molecule has 0 amide bonds. The number of rotatable bonds is 43. The zero-order valence-electron chi connectivity index (χ0n) is 36.7. The summed E-state index contributed by atoms with van der Waals surface area (Å²) in [5.41, 5.74) is 0. The highest BCUT2D eigenvalue weighted by atomic mass is 16.6. The van der Waals surface area contributed by atoms with Gasteiger partial charge in [-0.25, -0.2) is 0 Å². The lowest BCUT2D eigenvalue weighted by atomic mass is 10.0. The van der Waals surface area contributed by atoms with Gasteiger partial charge in [0.05, 0.1) is 0 Å². The molecular formula is C48H92O6. The van der Waals surface area contributed by atoms with Gasteiger partial charge >= 0.3 is 17.9 Å². The highest BCUT2D eigenvalue weighted by Gasteiger charge is 2.19. The first kappa shape index (κ1) is 52.4. The first-order valence-electron chi connectivity index (χ1n) is 23.9. The number of unbranched alkanes of at least 4 members (excludes halogenated alkanes) is 30. The topological polar surface area (TPSA) is 78.9 Å². The van der Waals surface area contributed by atoms with Crippen molar-refractivity contribution in [2.45, 2.75) is 271 Å². The lowest BCUT2D eigenvalue weighted by Gasteiger charge is -2.18. The van der Waals surface area contributed by atoms with Crippen LogP contribution in [-0.2, 0) is 28.6 Å². The Labute approximate surface area is 336 Å². The lowest BCUT2D eigenvalue weighted by molar-refractivity contribution is -0.167. The minimum atomic E-state index is -0.759. The van der Waals surface area contributed by atoms with E-state index in [1.54, 1.807) is 0 Å². The van der Waals surface area contributed by atoms with Crippen LogP contribution in [0.2, 0.25) is 0 Å². The van der Waals surface area contributed by atoms with E-state index in [1.807, 2.05) is 0 Å². The van der Waals surface area contributed by atoms with E-state index in [9.17, 15) is 14.4 Å². The Morgan fingerprint density at radius 1 is 0.352 bits per heavy atom. The van der Waals surface area contributed by atoms with Crippen LogP contribution >= 0.6 is 0 Å². The molecule has 0 aliphatic carbocycles. The summed E-state index contributed by atoms with van der Waals surface area (Å²) in [7, 11) is 0. The molecule has 0 unspecified atom stereocenters. The van der Waals surface area contributed by atoms with E-state index in [2.05, 4.69) is 27.7 Å². The first-order chi connectivity index (χ1) is 26.4. The summed E-state index contributed by atoms with van der Waals surface area (Å²) in [5, 5.41) is 0. The average molecular weight is 765 g/mol. The monoisotopic (exact) mass is 765 g/mol. The molecule has 0 rings (SSSR count). The summed E-state index contributed by atoms with van der Waals surface area (Å²) in [6.07, 6.45) is 42.5. The fourth-order valence-corrected chi connectivity index (χ4v) is 7.16. The van der Waals surface area contributed by atoms with Gasteiger partial charge in [-0.1, -0.05) is 227 Å². The third kappa shape index (κ3) is 41.6. The van der Waals surface area contributed by atoms with E-state index >= 15 is 0 Å². The maximum Gasteiger partial charge on any atom is 0.306 e. The van der Waals surface area contributed by atoms with Crippen LogP contribution in [0.5, 0.6) is 0 Å². The highest BCUT2D eigenvalue weighted by Crippen LogP contribution is 2.16. The molecule has 0 spiro atoms. The summed E-state index contributed by atoms with van der Waals surface area (Å²) >= 11 is 0. The Hall–Kier alpha value is -1.59. The van der Waals surface area contributed by atoms with E-state index < -0.39 is 6.10 Å². The first-order valence-corrected chi connectivity index (χ1v) is 23.9. The smallest absolute Gasteiger partial charge is 0.306 e. The Bertz CT molecular complexity index is 811. The van der Waals surface area contributed by atoms with Crippen molar-refractivity contribution >= 4 is 17.9 Å². The summed E-state index contributed by atoms with van der Waals surface area (Å²) < 4.78 is 16.7. The molecule has 0 aliphatic heterocycles. The number of carbonyl (C=O) groups excluding carboxylic acids is 3. The van der Waals surface area contributed by atoms with Gasteiger partial charge in [-0.2, -0.15) is 0 Å². The molecule has 0 aromatic rings. The lowest BCUT2D eigenvalue weighted by Crippen LogP contribution is -2.30. The van der Waals surface area contributed by atoms with Crippen molar-refractivity contribution in [2.24, 2.45) is 5.92 Å². The maximum atomic E-state index is 12.7. The number of esters is 3. The van der Waals surface area contributed by atoms with Crippen molar-refractivity contribution in [2.75, 3.05) is 13.2 Å². The molecule has 0 heterocycles. The van der Waals surface area contributed by atoms with Gasteiger partial charge in [0, 0.05) is 19.3 Å². The molecule has 54 heavy (non-hydrogen) atoms. The van der Waals surface area contributed by atoms with Crippen molar-refractivity contribution in [3.05, 3.63) is 0 Å². The SMILES string of the molecule is CCCCCCCCCCCCCCCCCCCC(=O)OC[C@H](COC(=O)CCCCCCCCC(C)C)OC(=O)CCCCCCCCCCCC. The zero-order valence-corrected chi connectivity index (χ0v) is 36.7. The summed E-state index contributed by atoms with van der Waals surface area (Å²) in [5.74, 6) is -0.0938. The normalized spacial score (nSPS) is 11.9. The molecule has 0 saturated carbocycles. The third-order valence-corrected chi connectivity index (χ3v) is 10.8. The van der Waals surface area contributed by atoms with Crippen LogP contribution < -0.4 is 0 Å². The molecule has 0 aliphatic rings. The highest BCUT2D eigenvalue weighted by molar-refractivity contribution is 5.71. The molecule has 0 N–H and O–H groups in total. The van der Waals surface area contributed by atoms with Crippen LogP contribution in [0.4, 0.5) is 0 Å². The fraction of sp³-hybridized carbons (Fsp3) is 0.938. The van der Waals surface area contributed by atoms with Crippen LogP contribution in [0.25, 0.3) is 0 Å². The Kier molecular flexibility index (Phi) is 41.3. The predicted octanol–water partition coefficient (Wildman–Crippen LogP) is 15.1. The number of carbonyl (C=O) groups is 3. The number of hydrogen-bond acceptors (Lipinski definition) is 6. The summed E-state index contributed by atoms with van der Waals surface area (Å²) in [6, 6.07) is 0. The van der Waals surface area contributed by atoms with Gasteiger partial charge in [0.25, 0.3) is 0 Å². The molecule has 0 fully saturated rings. The number of ether oxygens (including phenoxy) is 3. The van der Waals surface area contributed by atoms with E-state index in [0.29, 0.717) is 19.3 Å². The van der Waals surface area contributed by atoms with Crippen LogP contribution in [0.1, 0.15) is 265 Å². The largest absolute Gasteiger partial charge is 0.462 e. The van der Waals surface area contributed by atoms with Gasteiger partial charge in [0.1, 0.15) is 13.2 Å². The standard InChI is InChI=1S/C48H92O6/c1-5-7-9-11-13-15-17-18-19-20-21-22-23-25-26-31-35-39-46(49)52-42-45(43-53-47(50)40-36-32-29-28-30-34-38-44(3)4)54-48(51)41-37-33-27-24-16-14-12-10-8-6-2/h44-45H,5-43H2,1-4H3/t45-/m1/s1. The molecular weight excluding hydrogens is 673 g/mol. The van der Waals surface area contributed by atoms with E-state index in [0.717, 1.165) is 63.7 Å². The second-order valence-corrected chi connectivity index (χ2v) is 16.9. The Morgan fingerprint density at radius 3 is 0.907 bits per heavy atom. The second-order valence-electron chi connectivity index (χ2n) is 16.9. The summed E-state index contributed by atoms with van der Waals surface area (Å²) in [4.78, 5) is 37.7. The van der Waals surface area contributed by atoms with Crippen molar-refractivity contribution in [3.8, 4) is 0 Å². The van der Waals surface area contributed by atoms with E-state index in [1.165, 1.54) is 161 Å². The maximum absolute atomic E-state index is 12.7. The van der Waals surface area contributed by atoms with E-state index in [4.69, 9.17) is 14.2 Å². The zero-order chi connectivity index (χ0) is 39.6.